The van der Waals surface area contributed by atoms with Crippen LogP contribution in [-0.2, 0) is 9.59 Å². The van der Waals surface area contributed by atoms with Crippen molar-refractivity contribution >= 4 is 23.2 Å². The highest BCUT2D eigenvalue weighted by Crippen LogP contribution is 2.37. The number of hydrogen-bond donors (Lipinski definition) is 2. The highest BCUT2D eigenvalue weighted by Gasteiger charge is 2.38. The summed E-state index contributed by atoms with van der Waals surface area (Å²) in [6.07, 6.45) is 1.26. The maximum Gasteiger partial charge on any atom is 0.226 e. The van der Waals surface area contributed by atoms with E-state index in [9.17, 15) is 9.59 Å². The Morgan fingerprint density at radius 3 is 2.38 bits per heavy atom. The summed E-state index contributed by atoms with van der Waals surface area (Å²) in [5, 5.41) is 5.64. The Kier molecular flexibility index (Phi) is 4.83. The quantitative estimate of drug-likeness (QED) is 0.840. The molecule has 2 atom stereocenters. The standard InChI is InChI=1S/C16H23N3O2/c1-11-10-14(11)16(21)17-9-8-15(20)18-12-4-6-13(7-5-12)19(2)3/h4-7,11,14H,8-10H2,1-3H3,(H,17,21)(H,18,20)/t11-,14+/m0/s1. The molecule has 5 nitrogen and oxygen atoms in total. The van der Waals surface area contributed by atoms with Crippen LogP contribution < -0.4 is 15.5 Å². The molecule has 1 aromatic carbocycles. The summed E-state index contributed by atoms with van der Waals surface area (Å²) in [7, 11) is 3.94. The zero-order chi connectivity index (χ0) is 15.4. The van der Waals surface area contributed by atoms with E-state index in [-0.39, 0.29) is 17.7 Å². The van der Waals surface area contributed by atoms with Gasteiger partial charge in [-0.25, -0.2) is 0 Å². The van der Waals surface area contributed by atoms with E-state index in [1.807, 2.05) is 43.3 Å². The van der Waals surface area contributed by atoms with Gasteiger partial charge in [-0.1, -0.05) is 6.92 Å². The van der Waals surface area contributed by atoms with Crippen molar-refractivity contribution in [3.8, 4) is 0 Å². The van der Waals surface area contributed by atoms with Crippen LogP contribution in [-0.4, -0.2) is 32.5 Å². The number of hydrogen-bond acceptors (Lipinski definition) is 3. The summed E-state index contributed by atoms with van der Waals surface area (Å²) in [6.45, 7) is 2.46. The molecule has 2 N–H and O–H groups in total. The van der Waals surface area contributed by atoms with E-state index in [1.165, 1.54) is 0 Å². The molecular weight excluding hydrogens is 266 g/mol. The number of nitrogens with one attached hydrogen (secondary N) is 2. The first-order valence-corrected chi connectivity index (χ1v) is 7.32. The van der Waals surface area contributed by atoms with Crippen molar-refractivity contribution in [2.75, 3.05) is 30.9 Å². The average molecular weight is 289 g/mol. The van der Waals surface area contributed by atoms with E-state index < -0.39 is 0 Å². The van der Waals surface area contributed by atoms with Crippen molar-refractivity contribution in [2.45, 2.75) is 19.8 Å². The van der Waals surface area contributed by atoms with E-state index >= 15 is 0 Å². The third kappa shape index (κ3) is 4.48. The van der Waals surface area contributed by atoms with Gasteiger partial charge in [-0.2, -0.15) is 0 Å². The second kappa shape index (κ2) is 6.61. The molecule has 1 fully saturated rings. The fourth-order valence-electron chi connectivity index (χ4n) is 2.18. The van der Waals surface area contributed by atoms with Gasteiger partial charge in [-0.15, -0.1) is 0 Å². The Morgan fingerprint density at radius 1 is 1.24 bits per heavy atom. The lowest BCUT2D eigenvalue weighted by Gasteiger charge is -2.13. The monoisotopic (exact) mass is 289 g/mol. The van der Waals surface area contributed by atoms with Crippen LogP contribution in [0.5, 0.6) is 0 Å². The third-order valence-corrected chi connectivity index (χ3v) is 3.76. The molecule has 0 aliphatic heterocycles. The predicted octanol–water partition coefficient (Wildman–Crippen LogP) is 1.85. The van der Waals surface area contributed by atoms with Crippen LogP contribution >= 0.6 is 0 Å². The summed E-state index contributed by atoms with van der Waals surface area (Å²) in [5.74, 6) is 0.642. The minimum Gasteiger partial charge on any atom is -0.378 e. The van der Waals surface area contributed by atoms with Crippen LogP contribution in [0.15, 0.2) is 24.3 Å². The molecule has 5 heteroatoms. The van der Waals surface area contributed by atoms with E-state index in [2.05, 4.69) is 17.6 Å². The van der Waals surface area contributed by atoms with Crippen LogP contribution in [0.3, 0.4) is 0 Å². The Balaban J connectivity index is 1.70. The van der Waals surface area contributed by atoms with Gasteiger partial charge in [0, 0.05) is 44.4 Å². The normalized spacial score (nSPS) is 19.8. The van der Waals surface area contributed by atoms with Crippen LogP contribution in [0, 0.1) is 11.8 Å². The number of carbonyl (C=O) groups excluding carboxylic acids is 2. The number of benzene rings is 1. The first-order valence-electron chi connectivity index (χ1n) is 7.32. The molecule has 1 saturated carbocycles. The van der Waals surface area contributed by atoms with E-state index in [1.54, 1.807) is 0 Å². The van der Waals surface area contributed by atoms with Gasteiger partial charge < -0.3 is 15.5 Å². The second-order valence-electron chi connectivity index (χ2n) is 5.85. The highest BCUT2D eigenvalue weighted by atomic mass is 16.2. The Hall–Kier alpha value is -2.04. The molecule has 21 heavy (non-hydrogen) atoms. The van der Waals surface area contributed by atoms with Gasteiger partial charge >= 0.3 is 0 Å². The molecule has 0 unspecified atom stereocenters. The van der Waals surface area contributed by atoms with Crippen molar-refractivity contribution in [3.63, 3.8) is 0 Å². The lowest BCUT2D eigenvalue weighted by atomic mass is 10.2. The molecule has 0 bridgehead atoms. The summed E-state index contributed by atoms with van der Waals surface area (Å²) >= 11 is 0. The molecule has 2 amide bonds. The fraction of sp³-hybridized carbons (Fsp3) is 0.500. The van der Waals surface area contributed by atoms with E-state index in [0.29, 0.717) is 18.9 Å². The fourth-order valence-corrected chi connectivity index (χ4v) is 2.18. The lowest BCUT2D eigenvalue weighted by Crippen LogP contribution is -2.29. The lowest BCUT2D eigenvalue weighted by molar-refractivity contribution is -0.122. The van der Waals surface area contributed by atoms with Crippen LogP contribution in [0.2, 0.25) is 0 Å². The summed E-state index contributed by atoms with van der Waals surface area (Å²) in [6, 6.07) is 7.65. The SMILES string of the molecule is C[C@H]1C[C@H]1C(=O)NCCC(=O)Nc1ccc(N(C)C)cc1. The van der Waals surface area contributed by atoms with Gasteiger partial charge in [0.2, 0.25) is 11.8 Å². The molecule has 0 heterocycles. The number of rotatable bonds is 6. The van der Waals surface area contributed by atoms with Gasteiger partial charge in [-0.05, 0) is 36.6 Å². The van der Waals surface area contributed by atoms with E-state index in [0.717, 1.165) is 17.8 Å². The summed E-state index contributed by atoms with van der Waals surface area (Å²) in [4.78, 5) is 25.4. The van der Waals surface area contributed by atoms with Crippen LogP contribution in [0.4, 0.5) is 11.4 Å². The topological polar surface area (TPSA) is 61.4 Å². The maximum absolute atomic E-state index is 11.8. The van der Waals surface area contributed by atoms with Gasteiger partial charge in [0.15, 0.2) is 0 Å². The maximum atomic E-state index is 11.8. The Bertz CT molecular complexity index is 511. The number of carbonyl (C=O) groups is 2. The summed E-state index contributed by atoms with van der Waals surface area (Å²) in [5.41, 5.74) is 1.85. The van der Waals surface area contributed by atoms with Crippen molar-refractivity contribution in [1.29, 1.82) is 0 Å². The van der Waals surface area contributed by atoms with Gasteiger partial charge in [0.05, 0.1) is 0 Å². The molecule has 0 radical (unpaired) electrons. The van der Waals surface area contributed by atoms with Crippen LogP contribution in [0.25, 0.3) is 0 Å². The van der Waals surface area contributed by atoms with Crippen LogP contribution in [0.1, 0.15) is 19.8 Å². The largest absolute Gasteiger partial charge is 0.378 e. The molecule has 2 rings (SSSR count). The molecule has 1 aromatic rings. The number of anilines is 2. The molecule has 0 saturated heterocycles. The number of amides is 2. The molecular formula is C16H23N3O2. The second-order valence-corrected chi connectivity index (χ2v) is 5.85. The highest BCUT2D eigenvalue weighted by molar-refractivity contribution is 5.91. The van der Waals surface area contributed by atoms with Crippen molar-refractivity contribution < 1.29 is 9.59 Å². The first-order chi connectivity index (χ1) is 9.97. The smallest absolute Gasteiger partial charge is 0.226 e. The minimum absolute atomic E-state index is 0.0747. The average Bonchev–Trinajstić information content (AvgIpc) is 3.16. The third-order valence-electron chi connectivity index (χ3n) is 3.76. The predicted molar refractivity (Wildman–Crippen MR) is 84.3 cm³/mol. The zero-order valence-electron chi connectivity index (χ0n) is 12.8. The molecule has 1 aliphatic rings. The molecule has 0 aromatic heterocycles. The molecule has 0 spiro atoms. The Labute approximate surface area is 125 Å². The van der Waals surface area contributed by atoms with Gasteiger partial charge in [-0.3, -0.25) is 9.59 Å². The zero-order valence-corrected chi connectivity index (χ0v) is 12.8. The van der Waals surface area contributed by atoms with Gasteiger partial charge in [0.25, 0.3) is 0 Å². The summed E-state index contributed by atoms with van der Waals surface area (Å²) < 4.78 is 0. The van der Waals surface area contributed by atoms with E-state index in [4.69, 9.17) is 0 Å². The van der Waals surface area contributed by atoms with Crippen molar-refractivity contribution in [1.82, 2.24) is 5.32 Å². The molecule has 114 valence electrons. The Morgan fingerprint density at radius 2 is 1.86 bits per heavy atom. The van der Waals surface area contributed by atoms with Crippen molar-refractivity contribution in [2.24, 2.45) is 11.8 Å². The van der Waals surface area contributed by atoms with Crippen molar-refractivity contribution in [3.05, 3.63) is 24.3 Å². The first kappa shape index (κ1) is 15.4. The number of nitrogens with zero attached hydrogens (tertiary/aromatic N) is 1. The minimum atomic E-state index is -0.0863. The van der Waals surface area contributed by atoms with Gasteiger partial charge in [0.1, 0.15) is 0 Å². The molecule has 1 aliphatic carbocycles.